The number of halogens is 1. The van der Waals surface area contributed by atoms with Gasteiger partial charge in [0.1, 0.15) is 12.4 Å². The Bertz CT molecular complexity index is 1070. The van der Waals surface area contributed by atoms with Crippen molar-refractivity contribution in [2.24, 2.45) is 0 Å². The van der Waals surface area contributed by atoms with Crippen LogP contribution in [0.2, 0.25) is 0 Å². The lowest BCUT2D eigenvalue weighted by molar-refractivity contribution is 0.0972. The van der Waals surface area contributed by atoms with E-state index in [2.05, 4.69) is 5.32 Å². The fraction of sp³-hybridized carbons (Fsp3) is 0.200. The third-order valence-corrected chi connectivity index (χ3v) is 5.40. The van der Waals surface area contributed by atoms with Gasteiger partial charge in [0.15, 0.2) is 0 Å². The maximum atomic E-state index is 13.3. The highest BCUT2D eigenvalue weighted by Crippen LogP contribution is 2.38. The van der Waals surface area contributed by atoms with Gasteiger partial charge in [-0.1, -0.05) is 48.5 Å². The highest BCUT2D eigenvalue weighted by molar-refractivity contribution is 6.07. The Kier molecular flexibility index (Phi) is 5.98. The third-order valence-electron chi connectivity index (χ3n) is 5.40. The maximum Gasteiger partial charge on any atom is 0.407 e. The van der Waals surface area contributed by atoms with Crippen LogP contribution in [0.3, 0.4) is 0 Å². The van der Waals surface area contributed by atoms with Crippen molar-refractivity contribution in [3.05, 3.63) is 101 Å². The minimum Gasteiger partial charge on any atom is -0.445 e. The molecule has 3 aromatic carbocycles. The number of nitrogens with one attached hydrogen (secondary N) is 1. The number of nitrogens with zero attached hydrogens (tertiary/aromatic N) is 1. The first-order valence-corrected chi connectivity index (χ1v) is 10.2. The molecule has 3 aromatic rings. The molecule has 0 bridgehead atoms. The Morgan fingerprint density at radius 2 is 1.68 bits per heavy atom. The van der Waals surface area contributed by atoms with Crippen molar-refractivity contribution in [1.29, 1.82) is 0 Å². The molecule has 0 radical (unpaired) electrons. The minimum absolute atomic E-state index is 0.174. The molecule has 1 aliphatic heterocycles. The predicted octanol–water partition coefficient (Wildman–Crippen LogP) is 5.23. The fourth-order valence-electron chi connectivity index (χ4n) is 3.90. The molecule has 0 saturated carbocycles. The third kappa shape index (κ3) is 4.58. The van der Waals surface area contributed by atoms with Crippen molar-refractivity contribution in [3.8, 4) is 0 Å². The topological polar surface area (TPSA) is 58.6 Å². The van der Waals surface area contributed by atoms with Gasteiger partial charge < -0.3 is 15.0 Å². The average Bonchev–Trinajstić information content (AvgIpc) is 2.79. The van der Waals surface area contributed by atoms with E-state index in [-0.39, 0.29) is 30.4 Å². The van der Waals surface area contributed by atoms with Crippen LogP contribution in [0.15, 0.2) is 78.9 Å². The van der Waals surface area contributed by atoms with E-state index in [1.807, 2.05) is 61.5 Å². The molecule has 2 unspecified atom stereocenters. The Balaban J connectivity index is 1.52. The first-order chi connectivity index (χ1) is 15.0. The van der Waals surface area contributed by atoms with Crippen LogP contribution >= 0.6 is 0 Å². The smallest absolute Gasteiger partial charge is 0.407 e. The summed E-state index contributed by atoms with van der Waals surface area (Å²) in [6.45, 7) is 2.12. The molecule has 158 valence electrons. The van der Waals surface area contributed by atoms with Crippen LogP contribution in [0.4, 0.5) is 14.9 Å². The minimum atomic E-state index is -0.505. The van der Waals surface area contributed by atoms with E-state index in [0.717, 1.165) is 16.8 Å². The fourth-order valence-corrected chi connectivity index (χ4v) is 3.90. The highest BCUT2D eigenvalue weighted by Gasteiger charge is 2.34. The molecule has 4 rings (SSSR count). The molecule has 0 fully saturated rings. The van der Waals surface area contributed by atoms with Crippen LogP contribution in [0, 0.1) is 5.82 Å². The molecular weight excluding hydrogens is 395 g/mol. The molecule has 0 aromatic heterocycles. The van der Waals surface area contributed by atoms with E-state index >= 15 is 0 Å². The molecule has 1 N–H and O–H groups in total. The summed E-state index contributed by atoms with van der Waals surface area (Å²) in [4.78, 5) is 27.3. The van der Waals surface area contributed by atoms with Gasteiger partial charge in [-0.3, -0.25) is 4.79 Å². The van der Waals surface area contributed by atoms with Crippen molar-refractivity contribution in [3.63, 3.8) is 0 Å². The number of carbonyl (C=O) groups excluding carboxylic acids is 2. The molecule has 0 saturated heterocycles. The number of hydrogen-bond acceptors (Lipinski definition) is 3. The maximum absolute atomic E-state index is 13.3. The van der Waals surface area contributed by atoms with Crippen LogP contribution in [0.5, 0.6) is 0 Å². The second-order valence-corrected chi connectivity index (χ2v) is 7.58. The first kappa shape index (κ1) is 20.6. The van der Waals surface area contributed by atoms with E-state index in [1.54, 1.807) is 4.90 Å². The second kappa shape index (κ2) is 9.00. The zero-order chi connectivity index (χ0) is 21.8. The number of fused-ring (bicyclic) bond motifs is 1. The van der Waals surface area contributed by atoms with E-state index in [9.17, 15) is 14.0 Å². The number of benzene rings is 3. The summed E-state index contributed by atoms with van der Waals surface area (Å²) in [7, 11) is 0. The van der Waals surface area contributed by atoms with E-state index in [1.165, 1.54) is 24.3 Å². The number of hydrogen-bond donors (Lipinski definition) is 1. The summed E-state index contributed by atoms with van der Waals surface area (Å²) in [5, 5.41) is 2.93. The zero-order valence-corrected chi connectivity index (χ0v) is 17.1. The summed E-state index contributed by atoms with van der Waals surface area (Å²) in [6, 6.07) is 22.0. The molecule has 2 atom stereocenters. The van der Waals surface area contributed by atoms with Gasteiger partial charge in [-0.05, 0) is 54.8 Å². The number of rotatable bonds is 4. The Morgan fingerprint density at radius 1 is 1.00 bits per heavy atom. The first-order valence-electron chi connectivity index (χ1n) is 10.2. The van der Waals surface area contributed by atoms with Gasteiger partial charge in [0.2, 0.25) is 0 Å². The lowest BCUT2D eigenvalue weighted by Crippen LogP contribution is -2.46. The Morgan fingerprint density at radius 3 is 2.42 bits per heavy atom. The molecule has 0 aliphatic carbocycles. The molecule has 2 amide bonds. The van der Waals surface area contributed by atoms with E-state index < -0.39 is 6.09 Å². The van der Waals surface area contributed by atoms with Crippen LogP contribution in [0.25, 0.3) is 0 Å². The number of anilines is 1. The molecule has 31 heavy (non-hydrogen) atoms. The van der Waals surface area contributed by atoms with Crippen molar-refractivity contribution in [2.75, 3.05) is 4.90 Å². The number of carbonyl (C=O) groups is 2. The number of alkyl carbamates (subject to hydrolysis) is 1. The molecule has 1 heterocycles. The van der Waals surface area contributed by atoms with Gasteiger partial charge in [-0.25, -0.2) is 9.18 Å². The number of para-hydroxylation sites is 1. The summed E-state index contributed by atoms with van der Waals surface area (Å²) >= 11 is 0. The molecule has 6 heteroatoms. The quantitative estimate of drug-likeness (QED) is 0.631. The Hall–Kier alpha value is -3.67. The average molecular weight is 418 g/mol. The second-order valence-electron chi connectivity index (χ2n) is 7.58. The van der Waals surface area contributed by atoms with Gasteiger partial charge in [0.25, 0.3) is 5.91 Å². The van der Waals surface area contributed by atoms with Gasteiger partial charge in [-0.15, -0.1) is 0 Å². The lowest BCUT2D eigenvalue weighted by atomic mass is 9.91. The number of ether oxygens (including phenoxy) is 1. The van der Waals surface area contributed by atoms with Gasteiger partial charge in [0.05, 0.1) is 6.04 Å². The van der Waals surface area contributed by atoms with Gasteiger partial charge in [-0.2, -0.15) is 0 Å². The summed E-state index contributed by atoms with van der Waals surface area (Å²) in [6.07, 6.45) is 0.0267. The lowest BCUT2D eigenvalue weighted by Gasteiger charge is -2.39. The van der Waals surface area contributed by atoms with Crippen LogP contribution < -0.4 is 10.2 Å². The van der Waals surface area contributed by atoms with Crippen molar-refractivity contribution in [2.45, 2.75) is 32.0 Å². The van der Waals surface area contributed by atoms with E-state index in [4.69, 9.17) is 4.74 Å². The molecule has 0 spiro atoms. The summed E-state index contributed by atoms with van der Waals surface area (Å²) in [5.74, 6) is -0.591. The monoisotopic (exact) mass is 418 g/mol. The van der Waals surface area contributed by atoms with Crippen molar-refractivity contribution in [1.82, 2.24) is 5.32 Å². The largest absolute Gasteiger partial charge is 0.445 e. The Labute approximate surface area is 180 Å². The van der Waals surface area contributed by atoms with Crippen molar-refractivity contribution >= 4 is 17.7 Å². The van der Waals surface area contributed by atoms with E-state index in [0.29, 0.717) is 12.0 Å². The normalized spacial score (nSPS) is 17.5. The van der Waals surface area contributed by atoms with Crippen LogP contribution in [-0.2, 0) is 11.3 Å². The standard InChI is InChI=1S/C25H23FN2O3/c1-17-15-22(27-25(30)31-16-18-7-3-2-4-8-18)21-9-5-6-10-23(21)28(17)24(29)19-11-13-20(26)14-12-19/h2-14,17,22H,15-16H2,1H3,(H,27,30). The predicted molar refractivity (Wildman–Crippen MR) is 116 cm³/mol. The highest BCUT2D eigenvalue weighted by atomic mass is 19.1. The zero-order valence-electron chi connectivity index (χ0n) is 17.1. The summed E-state index contributed by atoms with van der Waals surface area (Å²) < 4.78 is 18.6. The van der Waals surface area contributed by atoms with Crippen LogP contribution in [-0.4, -0.2) is 18.0 Å². The summed E-state index contributed by atoms with van der Waals surface area (Å²) in [5.41, 5.74) is 2.89. The SMILES string of the molecule is CC1CC(NC(=O)OCc2ccccc2)c2ccccc2N1C(=O)c1ccc(F)cc1. The molecule has 1 aliphatic rings. The number of amides is 2. The van der Waals surface area contributed by atoms with Gasteiger partial charge >= 0.3 is 6.09 Å². The van der Waals surface area contributed by atoms with Crippen LogP contribution in [0.1, 0.15) is 40.9 Å². The van der Waals surface area contributed by atoms with Gasteiger partial charge in [0, 0.05) is 17.3 Å². The molecule has 5 nitrogen and oxygen atoms in total. The molecular formula is C25H23FN2O3. The van der Waals surface area contributed by atoms with Crippen molar-refractivity contribution < 1.29 is 18.7 Å².